The van der Waals surface area contributed by atoms with Crippen molar-refractivity contribution >= 4 is 9.84 Å². The van der Waals surface area contributed by atoms with Crippen LogP contribution in [0.1, 0.15) is 33.1 Å². The number of piperidine rings is 1. The zero-order valence-electron chi connectivity index (χ0n) is 10.8. The zero-order valence-corrected chi connectivity index (χ0v) is 11.6. The van der Waals surface area contributed by atoms with Crippen LogP contribution in [0.5, 0.6) is 0 Å². The molecule has 0 spiro atoms. The van der Waals surface area contributed by atoms with Gasteiger partial charge in [0.1, 0.15) is 0 Å². The first-order valence-corrected chi connectivity index (χ1v) is 8.34. The Kier molecular flexibility index (Phi) is 3.80. The largest absolute Gasteiger partial charge is 0.327 e. The van der Waals surface area contributed by atoms with Crippen molar-refractivity contribution < 1.29 is 8.42 Å². The van der Waals surface area contributed by atoms with Crippen molar-refractivity contribution in [2.75, 3.05) is 18.8 Å². The summed E-state index contributed by atoms with van der Waals surface area (Å²) in [4.78, 5) is 2.32. The molecule has 4 nitrogen and oxygen atoms in total. The second-order valence-electron chi connectivity index (χ2n) is 5.68. The van der Waals surface area contributed by atoms with E-state index in [4.69, 9.17) is 5.73 Å². The average molecular weight is 260 g/mol. The van der Waals surface area contributed by atoms with Crippen molar-refractivity contribution in [2.45, 2.75) is 50.4 Å². The Hall–Kier alpha value is -0.130. The van der Waals surface area contributed by atoms with Crippen LogP contribution in [-0.2, 0) is 9.84 Å². The van der Waals surface area contributed by atoms with E-state index in [1.807, 2.05) is 0 Å². The molecule has 5 heteroatoms. The van der Waals surface area contributed by atoms with Gasteiger partial charge in [-0.05, 0) is 38.6 Å². The molecular weight excluding hydrogens is 236 g/mol. The Morgan fingerprint density at radius 1 is 1.29 bits per heavy atom. The quantitative estimate of drug-likeness (QED) is 0.790. The van der Waals surface area contributed by atoms with Crippen LogP contribution in [-0.4, -0.2) is 49.5 Å². The van der Waals surface area contributed by atoms with E-state index in [1.54, 1.807) is 0 Å². The van der Waals surface area contributed by atoms with E-state index in [1.165, 1.54) is 0 Å². The lowest BCUT2D eigenvalue weighted by Crippen LogP contribution is -2.53. The van der Waals surface area contributed by atoms with E-state index in [9.17, 15) is 8.42 Å². The third-order valence-electron chi connectivity index (χ3n) is 4.66. The smallest absolute Gasteiger partial charge is 0.154 e. The molecule has 0 saturated carbocycles. The summed E-state index contributed by atoms with van der Waals surface area (Å²) in [5, 5.41) is -0.133. The summed E-state index contributed by atoms with van der Waals surface area (Å²) in [5.41, 5.74) is 6.05. The van der Waals surface area contributed by atoms with Gasteiger partial charge in [-0.1, -0.05) is 6.92 Å². The number of rotatable bonds is 2. The lowest BCUT2D eigenvalue weighted by molar-refractivity contribution is 0.0977. The maximum atomic E-state index is 11.8. The summed E-state index contributed by atoms with van der Waals surface area (Å²) in [6.07, 6.45) is 2.66. The molecule has 2 aliphatic heterocycles. The highest BCUT2D eigenvalue weighted by Gasteiger charge is 2.37. The van der Waals surface area contributed by atoms with Gasteiger partial charge in [-0.25, -0.2) is 8.42 Å². The van der Waals surface area contributed by atoms with Crippen molar-refractivity contribution in [1.29, 1.82) is 0 Å². The minimum Gasteiger partial charge on any atom is -0.327 e. The number of nitrogens with zero attached hydrogens (tertiary/aromatic N) is 1. The van der Waals surface area contributed by atoms with Crippen LogP contribution in [0.3, 0.4) is 0 Å². The number of likely N-dealkylation sites (tertiary alicyclic amines) is 1. The molecule has 2 aliphatic rings. The Morgan fingerprint density at radius 2 is 2.00 bits per heavy atom. The topological polar surface area (TPSA) is 63.4 Å². The van der Waals surface area contributed by atoms with Crippen molar-refractivity contribution in [3.63, 3.8) is 0 Å². The molecule has 2 fully saturated rings. The highest BCUT2D eigenvalue weighted by molar-refractivity contribution is 7.92. The van der Waals surface area contributed by atoms with Gasteiger partial charge < -0.3 is 5.73 Å². The summed E-state index contributed by atoms with van der Waals surface area (Å²) in [6.45, 7) is 6.00. The second kappa shape index (κ2) is 4.86. The SMILES string of the molecule is CC1C(N)CCN(CC2CCCS2(=O)=O)C1C. The van der Waals surface area contributed by atoms with Crippen LogP contribution in [0.2, 0.25) is 0 Å². The Balaban J connectivity index is 2.00. The van der Waals surface area contributed by atoms with Gasteiger partial charge in [0.15, 0.2) is 9.84 Å². The van der Waals surface area contributed by atoms with Gasteiger partial charge >= 0.3 is 0 Å². The molecule has 100 valence electrons. The molecule has 2 N–H and O–H groups in total. The zero-order chi connectivity index (χ0) is 12.6. The molecule has 4 atom stereocenters. The normalized spacial score (nSPS) is 42.8. The van der Waals surface area contributed by atoms with Crippen molar-refractivity contribution in [3.05, 3.63) is 0 Å². The number of nitrogens with two attached hydrogens (primary N) is 1. The Labute approximate surface area is 104 Å². The van der Waals surface area contributed by atoms with Crippen molar-refractivity contribution in [3.8, 4) is 0 Å². The summed E-state index contributed by atoms with van der Waals surface area (Å²) < 4.78 is 23.7. The van der Waals surface area contributed by atoms with E-state index in [2.05, 4.69) is 18.7 Å². The third kappa shape index (κ3) is 2.66. The van der Waals surface area contributed by atoms with E-state index < -0.39 is 9.84 Å². The maximum absolute atomic E-state index is 11.8. The minimum absolute atomic E-state index is 0.133. The standard InChI is InChI=1S/C12H24N2O2S/c1-9-10(2)14(6-5-12(9)13)8-11-4-3-7-17(11,15)16/h9-12H,3-8,13H2,1-2H3. The van der Waals surface area contributed by atoms with Crippen molar-refractivity contribution in [2.24, 2.45) is 11.7 Å². The van der Waals surface area contributed by atoms with E-state index in [0.717, 1.165) is 25.8 Å². The molecular formula is C12H24N2O2S. The van der Waals surface area contributed by atoms with Crippen LogP contribution >= 0.6 is 0 Å². The molecule has 0 amide bonds. The van der Waals surface area contributed by atoms with Gasteiger partial charge in [0.2, 0.25) is 0 Å². The third-order valence-corrected chi connectivity index (χ3v) is 6.92. The molecule has 2 heterocycles. The lowest BCUT2D eigenvalue weighted by atomic mass is 9.87. The fourth-order valence-electron chi connectivity index (χ4n) is 3.05. The van der Waals surface area contributed by atoms with Crippen LogP contribution in [0.4, 0.5) is 0 Å². The minimum atomic E-state index is -2.81. The summed E-state index contributed by atoms with van der Waals surface area (Å²) in [5.74, 6) is 0.836. The number of hydrogen-bond acceptors (Lipinski definition) is 4. The summed E-state index contributed by atoms with van der Waals surface area (Å²) in [6, 6.07) is 0.663. The van der Waals surface area contributed by atoms with Gasteiger partial charge in [0.25, 0.3) is 0 Å². The van der Waals surface area contributed by atoms with Gasteiger partial charge in [-0.15, -0.1) is 0 Å². The van der Waals surface area contributed by atoms with Crippen LogP contribution in [0.25, 0.3) is 0 Å². The molecule has 0 radical (unpaired) electrons. The molecule has 0 aromatic heterocycles. The molecule has 0 aromatic rings. The Bertz CT molecular complexity index is 369. The maximum Gasteiger partial charge on any atom is 0.154 e. The molecule has 0 aromatic carbocycles. The summed E-state index contributed by atoms with van der Waals surface area (Å²) in [7, 11) is -2.81. The van der Waals surface area contributed by atoms with Crippen LogP contribution < -0.4 is 5.73 Å². The predicted octanol–water partition coefficient (Wildman–Crippen LogP) is 0.621. The first kappa shape index (κ1) is 13.3. The molecule has 2 rings (SSSR count). The Morgan fingerprint density at radius 3 is 2.59 bits per heavy atom. The van der Waals surface area contributed by atoms with E-state index in [0.29, 0.717) is 24.3 Å². The average Bonchev–Trinajstić information content (AvgIpc) is 2.59. The monoisotopic (exact) mass is 260 g/mol. The van der Waals surface area contributed by atoms with Crippen LogP contribution in [0.15, 0.2) is 0 Å². The van der Waals surface area contributed by atoms with Gasteiger partial charge in [-0.3, -0.25) is 4.90 Å². The molecule has 4 unspecified atom stereocenters. The first-order chi connectivity index (χ1) is 7.92. The summed E-state index contributed by atoms with van der Waals surface area (Å²) >= 11 is 0. The van der Waals surface area contributed by atoms with Crippen LogP contribution in [0, 0.1) is 5.92 Å². The fraction of sp³-hybridized carbons (Fsp3) is 1.00. The van der Waals surface area contributed by atoms with E-state index >= 15 is 0 Å². The van der Waals surface area contributed by atoms with Crippen molar-refractivity contribution in [1.82, 2.24) is 4.90 Å². The lowest BCUT2D eigenvalue weighted by Gasteiger charge is -2.42. The second-order valence-corrected chi connectivity index (χ2v) is 8.08. The molecule has 0 bridgehead atoms. The van der Waals surface area contributed by atoms with Gasteiger partial charge in [0.05, 0.1) is 11.0 Å². The molecule has 0 aliphatic carbocycles. The highest BCUT2D eigenvalue weighted by Crippen LogP contribution is 2.26. The van der Waals surface area contributed by atoms with E-state index in [-0.39, 0.29) is 11.3 Å². The molecule has 2 saturated heterocycles. The first-order valence-electron chi connectivity index (χ1n) is 6.63. The highest BCUT2D eigenvalue weighted by atomic mass is 32.2. The van der Waals surface area contributed by atoms with Gasteiger partial charge in [0, 0.05) is 18.6 Å². The predicted molar refractivity (Wildman–Crippen MR) is 69.6 cm³/mol. The fourth-order valence-corrected chi connectivity index (χ4v) is 4.90. The molecule has 17 heavy (non-hydrogen) atoms. The number of sulfone groups is 1. The number of hydrogen-bond donors (Lipinski definition) is 1. The van der Waals surface area contributed by atoms with Gasteiger partial charge in [-0.2, -0.15) is 0 Å².